The second-order valence-corrected chi connectivity index (χ2v) is 8.75. The summed E-state index contributed by atoms with van der Waals surface area (Å²) >= 11 is 0. The maximum Gasteiger partial charge on any atom is 0.253 e. The molecule has 2 heterocycles. The van der Waals surface area contributed by atoms with E-state index in [1.807, 2.05) is 0 Å². The number of aromatic nitrogens is 1. The fraction of sp³-hybridized carbons (Fsp3) is 0.773. The highest BCUT2D eigenvalue weighted by Gasteiger charge is 2.25. The minimum atomic E-state index is 0.113. The summed E-state index contributed by atoms with van der Waals surface area (Å²) in [6, 6.07) is 3.28. The number of piperidine rings is 1. The number of carbonyl (C=O) groups is 1. The van der Waals surface area contributed by atoms with Crippen molar-refractivity contribution in [3.8, 4) is 0 Å². The highest BCUT2D eigenvalue weighted by atomic mass is 16.1. The Morgan fingerprint density at radius 2 is 1.88 bits per heavy atom. The predicted octanol–water partition coefficient (Wildman–Crippen LogP) is 4.46. The van der Waals surface area contributed by atoms with Gasteiger partial charge in [0.25, 0.3) is 5.91 Å². The van der Waals surface area contributed by atoms with Crippen LogP contribution in [0.25, 0.3) is 0 Å². The Hall–Kier alpha value is -1.29. The molecule has 0 radical (unpaired) electrons. The normalized spacial score (nSPS) is 22.7. The third-order valence-electron chi connectivity index (χ3n) is 6.50. The lowest BCUT2D eigenvalue weighted by atomic mass is 9.95. The van der Waals surface area contributed by atoms with Gasteiger partial charge in [0, 0.05) is 36.6 Å². The van der Waals surface area contributed by atoms with Gasteiger partial charge in [-0.1, -0.05) is 19.3 Å². The fourth-order valence-electron chi connectivity index (χ4n) is 4.97. The molecule has 1 aliphatic heterocycles. The van der Waals surface area contributed by atoms with E-state index in [1.54, 1.807) is 0 Å². The molecule has 1 aromatic heterocycles. The highest BCUT2D eigenvalue weighted by Crippen LogP contribution is 2.32. The van der Waals surface area contributed by atoms with Crippen LogP contribution in [0.5, 0.6) is 0 Å². The standard InChI is InChI=1S/C22H37N3O/c1-16(2)24-12-8-9-19(15-24)14-23-22(26)21-13-17(3)25(18(21)4)20-10-6-5-7-11-20/h13,16,19-20H,5-12,14-15H2,1-4H3,(H,23,26). The van der Waals surface area contributed by atoms with E-state index in [1.165, 1.54) is 57.2 Å². The lowest BCUT2D eigenvalue weighted by molar-refractivity contribution is 0.0922. The van der Waals surface area contributed by atoms with Gasteiger partial charge in [0.15, 0.2) is 0 Å². The third-order valence-corrected chi connectivity index (χ3v) is 6.50. The summed E-state index contributed by atoms with van der Waals surface area (Å²) in [4.78, 5) is 15.4. The molecule has 1 aromatic rings. The van der Waals surface area contributed by atoms with Crippen molar-refractivity contribution in [2.45, 2.75) is 84.7 Å². The third kappa shape index (κ3) is 4.33. The second kappa shape index (κ2) is 8.60. The van der Waals surface area contributed by atoms with E-state index >= 15 is 0 Å². The minimum absolute atomic E-state index is 0.113. The van der Waals surface area contributed by atoms with Crippen molar-refractivity contribution in [2.75, 3.05) is 19.6 Å². The molecule has 1 saturated heterocycles. The molecule has 2 aliphatic rings. The zero-order valence-corrected chi connectivity index (χ0v) is 17.2. The van der Waals surface area contributed by atoms with Gasteiger partial charge in [-0.05, 0) is 71.9 Å². The summed E-state index contributed by atoms with van der Waals surface area (Å²) in [7, 11) is 0. The van der Waals surface area contributed by atoms with Crippen LogP contribution in [0.15, 0.2) is 6.07 Å². The Bertz CT molecular complexity index is 613. The molecule has 0 aromatic carbocycles. The topological polar surface area (TPSA) is 37.3 Å². The average molecular weight is 360 g/mol. The first-order valence-electron chi connectivity index (χ1n) is 10.7. The Morgan fingerprint density at radius 1 is 1.15 bits per heavy atom. The first-order chi connectivity index (χ1) is 12.5. The summed E-state index contributed by atoms with van der Waals surface area (Å²) < 4.78 is 2.43. The average Bonchev–Trinajstić information content (AvgIpc) is 2.95. The summed E-state index contributed by atoms with van der Waals surface area (Å²) in [6.45, 7) is 11.9. The summed E-state index contributed by atoms with van der Waals surface area (Å²) in [5.41, 5.74) is 3.27. The molecule has 1 unspecified atom stereocenters. The van der Waals surface area contributed by atoms with E-state index in [2.05, 4.69) is 48.5 Å². The molecule has 4 heteroatoms. The highest BCUT2D eigenvalue weighted by molar-refractivity contribution is 5.95. The molecule has 1 aliphatic carbocycles. The lowest BCUT2D eigenvalue weighted by Crippen LogP contribution is -2.43. The van der Waals surface area contributed by atoms with E-state index in [0.29, 0.717) is 18.0 Å². The summed E-state index contributed by atoms with van der Waals surface area (Å²) in [5.74, 6) is 0.693. The van der Waals surface area contributed by atoms with Gasteiger partial charge in [-0.25, -0.2) is 0 Å². The van der Waals surface area contributed by atoms with Crippen LogP contribution in [0.3, 0.4) is 0 Å². The lowest BCUT2D eigenvalue weighted by Gasteiger charge is -2.35. The SMILES string of the molecule is Cc1cc(C(=O)NCC2CCCN(C(C)C)C2)c(C)n1C1CCCCC1. The van der Waals surface area contributed by atoms with Crippen LogP contribution in [-0.2, 0) is 0 Å². The zero-order valence-electron chi connectivity index (χ0n) is 17.2. The Labute approximate surface area is 159 Å². The first-order valence-corrected chi connectivity index (χ1v) is 10.7. The number of carbonyl (C=O) groups excluding carboxylic acids is 1. The van der Waals surface area contributed by atoms with Gasteiger partial charge in [-0.3, -0.25) is 4.79 Å². The Balaban J connectivity index is 1.61. The second-order valence-electron chi connectivity index (χ2n) is 8.75. The van der Waals surface area contributed by atoms with Gasteiger partial charge in [0.05, 0.1) is 5.56 Å². The number of hydrogen-bond acceptors (Lipinski definition) is 2. The molecule has 1 amide bonds. The van der Waals surface area contributed by atoms with Gasteiger partial charge >= 0.3 is 0 Å². The number of likely N-dealkylation sites (tertiary alicyclic amines) is 1. The Morgan fingerprint density at radius 3 is 2.58 bits per heavy atom. The van der Waals surface area contributed by atoms with Crippen LogP contribution in [0.1, 0.15) is 86.6 Å². The Kier molecular flexibility index (Phi) is 6.44. The van der Waals surface area contributed by atoms with Gasteiger partial charge in [-0.2, -0.15) is 0 Å². The summed E-state index contributed by atoms with van der Waals surface area (Å²) in [5, 5.41) is 3.23. The molecule has 1 atom stereocenters. The van der Waals surface area contributed by atoms with Crippen molar-refractivity contribution in [3.05, 3.63) is 23.0 Å². The van der Waals surface area contributed by atoms with Crippen molar-refractivity contribution in [1.82, 2.24) is 14.8 Å². The van der Waals surface area contributed by atoms with Crippen molar-refractivity contribution in [3.63, 3.8) is 0 Å². The molecule has 4 nitrogen and oxygen atoms in total. The number of nitrogens with one attached hydrogen (secondary N) is 1. The predicted molar refractivity (Wildman–Crippen MR) is 108 cm³/mol. The van der Waals surface area contributed by atoms with E-state index in [-0.39, 0.29) is 5.91 Å². The molecule has 0 spiro atoms. The molecule has 0 bridgehead atoms. The molecule has 146 valence electrons. The van der Waals surface area contributed by atoms with Crippen molar-refractivity contribution in [1.29, 1.82) is 0 Å². The molecule has 1 N–H and O–H groups in total. The van der Waals surface area contributed by atoms with Gasteiger partial charge in [0.2, 0.25) is 0 Å². The maximum atomic E-state index is 12.8. The minimum Gasteiger partial charge on any atom is -0.352 e. The molecule has 26 heavy (non-hydrogen) atoms. The van der Waals surface area contributed by atoms with Crippen molar-refractivity contribution in [2.24, 2.45) is 5.92 Å². The zero-order chi connectivity index (χ0) is 18.7. The van der Waals surface area contributed by atoms with Crippen LogP contribution in [0.2, 0.25) is 0 Å². The van der Waals surface area contributed by atoms with E-state index in [0.717, 1.165) is 24.3 Å². The van der Waals surface area contributed by atoms with Gasteiger partial charge < -0.3 is 14.8 Å². The van der Waals surface area contributed by atoms with Gasteiger partial charge in [0.1, 0.15) is 0 Å². The van der Waals surface area contributed by atoms with E-state index < -0.39 is 0 Å². The number of rotatable bonds is 5. The van der Waals surface area contributed by atoms with Crippen molar-refractivity contribution < 1.29 is 4.79 Å². The maximum absolute atomic E-state index is 12.8. The quantitative estimate of drug-likeness (QED) is 0.843. The largest absolute Gasteiger partial charge is 0.352 e. The van der Waals surface area contributed by atoms with Gasteiger partial charge in [-0.15, -0.1) is 0 Å². The molecule has 2 fully saturated rings. The van der Waals surface area contributed by atoms with Crippen LogP contribution >= 0.6 is 0 Å². The van der Waals surface area contributed by atoms with Crippen molar-refractivity contribution >= 4 is 5.91 Å². The monoisotopic (exact) mass is 359 g/mol. The molecular weight excluding hydrogens is 322 g/mol. The number of amides is 1. The fourth-order valence-corrected chi connectivity index (χ4v) is 4.97. The number of hydrogen-bond donors (Lipinski definition) is 1. The number of aryl methyl sites for hydroxylation is 1. The van der Waals surface area contributed by atoms with E-state index in [4.69, 9.17) is 0 Å². The first kappa shape index (κ1) is 19.5. The molecule has 3 rings (SSSR count). The smallest absolute Gasteiger partial charge is 0.253 e. The molecule has 1 saturated carbocycles. The van der Waals surface area contributed by atoms with Crippen LogP contribution in [0, 0.1) is 19.8 Å². The summed E-state index contributed by atoms with van der Waals surface area (Å²) in [6.07, 6.45) is 8.97. The van der Waals surface area contributed by atoms with Crippen LogP contribution in [-0.4, -0.2) is 41.1 Å². The number of nitrogens with zero attached hydrogens (tertiary/aromatic N) is 2. The molecular formula is C22H37N3O. The van der Waals surface area contributed by atoms with Crippen LogP contribution in [0.4, 0.5) is 0 Å². The van der Waals surface area contributed by atoms with Crippen LogP contribution < -0.4 is 5.32 Å². The van der Waals surface area contributed by atoms with E-state index in [9.17, 15) is 4.79 Å².